The van der Waals surface area contributed by atoms with Crippen LogP contribution in [0.2, 0.25) is 0 Å². The summed E-state index contributed by atoms with van der Waals surface area (Å²) in [5, 5.41) is 19.2. The minimum absolute atomic E-state index is 0.0906. The Morgan fingerprint density at radius 1 is 1.34 bits per heavy atom. The fourth-order valence-electron chi connectivity index (χ4n) is 4.86. The van der Waals surface area contributed by atoms with Crippen molar-refractivity contribution in [2.24, 2.45) is 11.3 Å². The molecule has 0 radical (unpaired) electrons. The summed E-state index contributed by atoms with van der Waals surface area (Å²) in [7, 11) is 0. The Morgan fingerprint density at radius 3 is 2.78 bits per heavy atom. The average Bonchev–Trinajstić information content (AvgIpc) is 3.17. The minimum atomic E-state index is -4.63. The molecule has 2 fully saturated rings. The number of carbonyl (C=O) groups excluding carboxylic acids is 1. The van der Waals surface area contributed by atoms with Crippen LogP contribution < -0.4 is 4.90 Å². The molecular formula is C23H23F3N4O2. The van der Waals surface area contributed by atoms with Crippen molar-refractivity contribution in [1.29, 1.82) is 5.26 Å². The van der Waals surface area contributed by atoms with Crippen LogP contribution in [0.5, 0.6) is 0 Å². The first-order valence-corrected chi connectivity index (χ1v) is 10.4. The number of aliphatic hydroxyl groups is 1. The summed E-state index contributed by atoms with van der Waals surface area (Å²) in [6.45, 7) is 3.34. The lowest BCUT2D eigenvalue weighted by Crippen LogP contribution is -2.50. The zero-order valence-corrected chi connectivity index (χ0v) is 17.6. The maximum atomic E-state index is 13.4. The van der Waals surface area contributed by atoms with E-state index in [9.17, 15) is 23.1 Å². The molecule has 0 aliphatic carbocycles. The van der Waals surface area contributed by atoms with Crippen molar-refractivity contribution in [3.05, 3.63) is 58.9 Å². The van der Waals surface area contributed by atoms with Crippen LogP contribution in [0.4, 0.5) is 18.9 Å². The van der Waals surface area contributed by atoms with E-state index in [4.69, 9.17) is 5.26 Å². The molecule has 0 unspecified atom stereocenters. The number of rotatable bonds is 3. The number of hydrogen-bond donors (Lipinski definition) is 1. The normalized spacial score (nSPS) is 23.1. The first kappa shape index (κ1) is 22.1. The van der Waals surface area contributed by atoms with Gasteiger partial charge in [0.1, 0.15) is 0 Å². The van der Waals surface area contributed by atoms with Gasteiger partial charge in [-0.3, -0.25) is 9.78 Å². The maximum absolute atomic E-state index is 13.4. The number of hydrogen-bond acceptors (Lipinski definition) is 5. The number of aryl methyl sites for hydroxylation is 1. The van der Waals surface area contributed by atoms with E-state index >= 15 is 0 Å². The molecule has 1 amide bonds. The van der Waals surface area contributed by atoms with Crippen LogP contribution in [-0.4, -0.2) is 53.7 Å². The van der Waals surface area contributed by atoms with Gasteiger partial charge in [0, 0.05) is 55.1 Å². The molecular weight excluding hydrogens is 421 g/mol. The molecule has 2 aromatic rings. The van der Waals surface area contributed by atoms with Gasteiger partial charge in [0.05, 0.1) is 29.4 Å². The van der Waals surface area contributed by atoms with Crippen LogP contribution in [0.1, 0.15) is 33.6 Å². The summed E-state index contributed by atoms with van der Waals surface area (Å²) in [6.07, 6.45) is -2.45. The monoisotopic (exact) mass is 444 g/mol. The number of piperidine rings is 1. The van der Waals surface area contributed by atoms with E-state index in [0.29, 0.717) is 49.5 Å². The number of nitriles is 1. The second-order valence-electron chi connectivity index (χ2n) is 8.57. The van der Waals surface area contributed by atoms with Gasteiger partial charge in [-0.2, -0.15) is 18.4 Å². The number of aromatic nitrogens is 1. The van der Waals surface area contributed by atoms with E-state index in [1.807, 2.05) is 4.90 Å². The van der Waals surface area contributed by atoms with E-state index in [-0.39, 0.29) is 18.4 Å². The quantitative estimate of drug-likeness (QED) is 0.786. The van der Waals surface area contributed by atoms with Gasteiger partial charge < -0.3 is 14.9 Å². The van der Waals surface area contributed by atoms with Crippen LogP contribution in [0.25, 0.3) is 0 Å². The zero-order chi connectivity index (χ0) is 23.1. The van der Waals surface area contributed by atoms with Crippen molar-refractivity contribution in [2.45, 2.75) is 19.5 Å². The molecule has 6 nitrogen and oxygen atoms in total. The summed E-state index contributed by atoms with van der Waals surface area (Å²) in [5.41, 5.74) is -0.345. The zero-order valence-electron chi connectivity index (χ0n) is 17.6. The van der Waals surface area contributed by atoms with Crippen LogP contribution in [0.3, 0.4) is 0 Å². The molecule has 4 rings (SSSR count). The summed E-state index contributed by atoms with van der Waals surface area (Å²) < 4.78 is 40.2. The summed E-state index contributed by atoms with van der Waals surface area (Å²) >= 11 is 0. The standard InChI is InChI=1S/C23H23F3N4O2/c1-15-19(3-2-7-28-15)21(32)29-8-6-22(14-31)13-30(12-17(22)11-29)18-5-4-16(10-27)20(9-18)23(24,25)26/h2-5,7,9,17,31H,6,8,11-14H2,1H3/t17-,22+/m1/s1. The maximum Gasteiger partial charge on any atom is 0.417 e. The summed E-state index contributed by atoms with van der Waals surface area (Å²) in [4.78, 5) is 20.8. The molecule has 1 aromatic carbocycles. The molecule has 2 atom stereocenters. The van der Waals surface area contributed by atoms with Crippen LogP contribution >= 0.6 is 0 Å². The van der Waals surface area contributed by atoms with Crippen molar-refractivity contribution >= 4 is 11.6 Å². The largest absolute Gasteiger partial charge is 0.417 e. The van der Waals surface area contributed by atoms with Gasteiger partial charge in [-0.1, -0.05) is 0 Å². The first-order valence-electron chi connectivity index (χ1n) is 10.4. The third kappa shape index (κ3) is 3.79. The highest BCUT2D eigenvalue weighted by Crippen LogP contribution is 2.45. The van der Waals surface area contributed by atoms with Crippen LogP contribution in [0.15, 0.2) is 36.5 Å². The lowest BCUT2D eigenvalue weighted by molar-refractivity contribution is -0.137. The number of fused-ring (bicyclic) bond motifs is 1. The highest BCUT2D eigenvalue weighted by molar-refractivity contribution is 5.95. The van der Waals surface area contributed by atoms with Gasteiger partial charge in [0.15, 0.2) is 0 Å². The van der Waals surface area contributed by atoms with E-state index in [2.05, 4.69) is 4.98 Å². The molecule has 32 heavy (non-hydrogen) atoms. The van der Waals surface area contributed by atoms with Gasteiger partial charge in [-0.15, -0.1) is 0 Å². The Hall–Kier alpha value is -3.12. The number of anilines is 1. The molecule has 0 spiro atoms. The molecule has 2 saturated heterocycles. The Morgan fingerprint density at radius 2 is 2.12 bits per heavy atom. The number of pyridine rings is 1. The lowest BCUT2D eigenvalue weighted by Gasteiger charge is -2.42. The molecule has 168 valence electrons. The summed E-state index contributed by atoms with van der Waals surface area (Å²) in [6, 6.07) is 8.74. The van der Waals surface area contributed by atoms with Gasteiger partial charge >= 0.3 is 6.18 Å². The number of amides is 1. The first-order chi connectivity index (χ1) is 15.2. The van der Waals surface area contributed by atoms with E-state index in [1.165, 1.54) is 12.1 Å². The lowest BCUT2D eigenvalue weighted by atomic mass is 9.73. The van der Waals surface area contributed by atoms with Crippen molar-refractivity contribution in [1.82, 2.24) is 9.88 Å². The second kappa shape index (κ2) is 8.10. The van der Waals surface area contributed by atoms with E-state index in [0.717, 1.165) is 6.07 Å². The Kier molecular flexibility index (Phi) is 5.59. The van der Waals surface area contributed by atoms with Crippen molar-refractivity contribution in [3.8, 4) is 6.07 Å². The van der Waals surface area contributed by atoms with Gasteiger partial charge in [0.2, 0.25) is 0 Å². The predicted molar refractivity (Wildman–Crippen MR) is 111 cm³/mol. The molecule has 0 saturated carbocycles. The second-order valence-corrected chi connectivity index (χ2v) is 8.57. The number of alkyl halides is 3. The number of halogens is 3. The predicted octanol–water partition coefficient (Wildman–Crippen LogP) is 3.24. The fraction of sp³-hybridized carbons (Fsp3) is 0.435. The number of carbonyl (C=O) groups is 1. The molecule has 1 aromatic heterocycles. The van der Waals surface area contributed by atoms with E-state index in [1.54, 1.807) is 36.2 Å². The SMILES string of the molecule is Cc1ncccc1C(=O)N1CC[C@@]2(CO)CN(c3ccc(C#N)c(C(F)(F)F)c3)C[C@H]2C1. The Labute approximate surface area is 183 Å². The molecule has 3 heterocycles. The highest BCUT2D eigenvalue weighted by Gasteiger charge is 2.50. The van der Waals surface area contributed by atoms with Crippen LogP contribution in [0, 0.1) is 29.6 Å². The van der Waals surface area contributed by atoms with Crippen molar-refractivity contribution < 1.29 is 23.1 Å². The third-order valence-corrected chi connectivity index (χ3v) is 6.77. The Balaban J connectivity index is 1.58. The number of aliphatic hydroxyl groups excluding tert-OH is 1. The van der Waals surface area contributed by atoms with Crippen molar-refractivity contribution in [2.75, 3.05) is 37.7 Å². The van der Waals surface area contributed by atoms with Gasteiger partial charge in [0.25, 0.3) is 5.91 Å². The van der Waals surface area contributed by atoms with Crippen LogP contribution in [-0.2, 0) is 6.18 Å². The number of nitrogens with zero attached hydrogens (tertiary/aromatic N) is 4. The van der Waals surface area contributed by atoms with E-state index < -0.39 is 22.7 Å². The molecule has 9 heteroatoms. The topological polar surface area (TPSA) is 80.5 Å². The molecule has 2 aliphatic heterocycles. The highest BCUT2D eigenvalue weighted by atomic mass is 19.4. The minimum Gasteiger partial charge on any atom is -0.396 e. The smallest absolute Gasteiger partial charge is 0.396 e. The van der Waals surface area contributed by atoms with Gasteiger partial charge in [-0.05, 0) is 43.7 Å². The molecule has 0 bridgehead atoms. The number of benzene rings is 1. The van der Waals surface area contributed by atoms with Gasteiger partial charge in [-0.25, -0.2) is 0 Å². The third-order valence-electron chi connectivity index (χ3n) is 6.77. The molecule has 1 N–H and O–H groups in total. The molecule has 2 aliphatic rings. The Bertz CT molecular complexity index is 1080. The average molecular weight is 444 g/mol. The number of likely N-dealkylation sites (tertiary alicyclic amines) is 1. The summed E-state index contributed by atoms with van der Waals surface area (Å²) in [5.74, 6) is -0.217. The fourth-order valence-corrected chi connectivity index (χ4v) is 4.86. The van der Waals surface area contributed by atoms with Crippen molar-refractivity contribution in [3.63, 3.8) is 0 Å².